The van der Waals surface area contributed by atoms with Crippen molar-refractivity contribution in [2.24, 2.45) is 9.98 Å². The van der Waals surface area contributed by atoms with E-state index in [2.05, 4.69) is 26.0 Å². The van der Waals surface area contributed by atoms with E-state index in [4.69, 9.17) is 14.7 Å². The van der Waals surface area contributed by atoms with Gasteiger partial charge < -0.3 is 14.9 Å². The molecule has 1 aliphatic heterocycles. The van der Waals surface area contributed by atoms with Gasteiger partial charge in [0.15, 0.2) is 11.5 Å². The number of hydrogen-bond acceptors (Lipinski definition) is 5. The van der Waals surface area contributed by atoms with E-state index in [9.17, 15) is 10.2 Å². The van der Waals surface area contributed by atoms with Crippen molar-refractivity contribution in [3.05, 3.63) is 131 Å². The molecule has 6 aromatic carbocycles. The van der Waals surface area contributed by atoms with Crippen LogP contribution in [0.1, 0.15) is 36.1 Å². The minimum absolute atomic E-state index is 0. The maximum absolute atomic E-state index is 10.7. The maximum Gasteiger partial charge on any atom is 0.157 e. The van der Waals surface area contributed by atoms with Gasteiger partial charge in [-0.1, -0.05) is 98.8 Å². The number of ether oxygens (including phenoxy) is 1. The summed E-state index contributed by atoms with van der Waals surface area (Å²) in [6.45, 7) is 4.34. The molecule has 0 atom stereocenters. The second kappa shape index (κ2) is 11.1. The topological polar surface area (TPSA) is 74.4 Å². The van der Waals surface area contributed by atoms with E-state index >= 15 is 0 Å². The van der Waals surface area contributed by atoms with Crippen molar-refractivity contribution >= 4 is 45.3 Å². The SMILES string of the molecule is CC1(C)c2cccc(N=Cc3c(O)ccc4ccccc34)c2Oc2c(N=Cc3c(O)ccc4ccccc34)cccc21.[Zn]. The average molecular weight is 614 g/mol. The molecule has 0 aromatic heterocycles. The standard InChI is InChI=1S/C37H28N2O3.Zn/c1-37(2)29-13-7-15-31(38-21-27-25-11-5-3-9-23(25)17-19-33(27)40)35(29)42-36-30(37)14-8-16-32(36)39-22-28-26-12-6-4-10-24(26)18-20-34(28)41;/h3-22,40-41H,1-2H3;. The van der Waals surface area contributed by atoms with Gasteiger partial charge in [-0.05, 0) is 45.8 Å². The zero-order valence-electron chi connectivity index (χ0n) is 24.0. The number of fused-ring (bicyclic) bond motifs is 4. The fraction of sp³-hybridized carbons (Fsp3) is 0.0811. The Morgan fingerprint density at radius 2 is 1.00 bits per heavy atom. The minimum Gasteiger partial charge on any atom is -0.507 e. The van der Waals surface area contributed by atoms with Crippen molar-refractivity contribution in [1.29, 1.82) is 0 Å². The van der Waals surface area contributed by atoms with E-state index in [-0.39, 0.29) is 36.4 Å². The van der Waals surface area contributed by atoms with E-state index in [1.54, 1.807) is 24.6 Å². The van der Waals surface area contributed by atoms with Crippen LogP contribution in [-0.4, -0.2) is 22.6 Å². The molecule has 43 heavy (non-hydrogen) atoms. The Balaban J connectivity index is 0.00000329. The third kappa shape index (κ3) is 4.88. The van der Waals surface area contributed by atoms with Crippen LogP contribution in [0, 0.1) is 0 Å². The van der Waals surface area contributed by atoms with Crippen LogP contribution >= 0.6 is 0 Å². The second-order valence-corrected chi connectivity index (χ2v) is 11.0. The fourth-order valence-electron chi connectivity index (χ4n) is 5.81. The van der Waals surface area contributed by atoms with Gasteiger partial charge in [0, 0.05) is 59.6 Å². The molecular formula is C37H28N2O3Zn. The number of rotatable bonds is 4. The Bertz CT molecular complexity index is 1930. The molecule has 6 aromatic rings. The summed E-state index contributed by atoms with van der Waals surface area (Å²) < 4.78 is 6.64. The maximum atomic E-state index is 10.7. The molecule has 0 saturated heterocycles. The number of phenols is 2. The largest absolute Gasteiger partial charge is 0.507 e. The summed E-state index contributed by atoms with van der Waals surface area (Å²) in [5.74, 6) is 1.65. The van der Waals surface area contributed by atoms with Gasteiger partial charge >= 0.3 is 0 Å². The zero-order chi connectivity index (χ0) is 28.8. The molecule has 6 heteroatoms. The number of aliphatic imine (C=N–C) groups is 2. The number of benzene rings is 6. The van der Waals surface area contributed by atoms with E-state index in [0.717, 1.165) is 32.7 Å². The first-order chi connectivity index (χ1) is 20.4. The third-order valence-electron chi connectivity index (χ3n) is 8.10. The summed E-state index contributed by atoms with van der Waals surface area (Å²) in [6, 6.07) is 34.9. The van der Waals surface area contributed by atoms with Gasteiger partial charge in [-0.3, -0.25) is 9.98 Å². The Morgan fingerprint density at radius 3 is 1.47 bits per heavy atom. The molecule has 0 amide bonds. The van der Waals surface area contributed by atoms with Crippen LogP contribution < -0.4 is 4.74 Å². The number of phenolic OH excluding ortho intramolecular Hbond substituents is 2. The van der Waals surface area contributed by atoms with Crippen LogP contribution in [0.3, 0.4) is 0 Å². The summed E-state index contributed by atoms with van der Waals surface area (Å²) in [7, 11) is 0. The van der Waals surface area contributed by atoms with Crippen LogP contribution in [-0.2, 0) is 24.9 Å². The molecule has 5 nitrogen and oxygen atoms in total. The van der Waals surface area contributed by atoms with E-state index in [1.165, 1.54) is 0 Å². The summed E-state index contributed by atoms with van der Waals surface area (Å²) in [4.78, 5) is 9.65. The number of hydrogen-bond donors (Lipinski definition) is 2. The minimum atomic E-state index is -0.386. The molecule has 1 heterocycles. The summed E-state index contributed by atoms with van der Waals surface area (Å²) in [6.07, 6.45) is 3.40. The summed E-state index contributed by atoms with van der Waals surface area (Å²) in [5.41, 5.74) is 4.26. The third-order valence-corrected chi connectivity index (χ3v) is 8.10. The van der Waals surface area contributed by atoms with Gasteiger partial charge in [0.05, 0.1) is 0 Å². The van der Waals surface area contributed by atoms with E-state index in [1.807, 2.05) is 84.9 Å². The monoisotopic (exact) mass is 612 g/mol. The van der Waals surface area contributed by atoms with Crippen molar-refractivity contribution in [3.63, 3.8) is 0 Å². The van der Waals surface area contributed by atoms with Gasteiger partial charge in [-0.25, -0.2) is 0 Å². The molecule has 0 unspecified atom stereocenters. The van der Waals surface area contributed by atoms with E-state index < -0.39 is 0 Å². The predicted molar refractivity (Wildman–Crippen MR) is 171 cm³/mol. The van der Waals surface area contributed by atoms with Crippen LogP contribution in [0.25, 0.3) is 21.5 Å². The first-order valence-electron chi connectivity index (χ1n) is 13.9. The zero-order valence-corrected chi connectivity index (χ0v) is 26.9. The van der Waals surface area contributed by atoms with Crippen LogP contribution in [0.2, 0.25) is 0 Å². The molecule has 206 valence electrons. The summed E-state index contributed by atoms with van der Waals surface area (Å²) in [5, 5.41) is 25.2. The second-order valence-electron chi connectivity index (χ2n) is 11.0. The van der Waals surface area contributed by atoms with Gasteiger partial charge in [-0.15, -0.1) is 0 Å². The molecule has 0 aliphatic carbocycles. The van der Waals surface area contributed by atoms with Crippen LogP contribution in [0.5, 0.6) is 23.0 Å². The molecule has 1 aliphatic rings. The Morgan fingerprint density at radius 1 is 0.558 bits per heavy atom. The Labute approximate surface area is 262 Å². The molecule has 2 N–H and O–H groups in total. The quantitative estimate of drug-likeness (QED) is 0.154. The molecule has 0 radical (unpaired) electrons. The van der Waals surface area contributed by atoms with Gasteiger partial charge in [-0.2, -0.15) is 0 Å². The molecular weight excluding hydrogens is 586 g/mol. The van der Waals surface area contributed by atoms with Crippen molar-refractivity contribution in [2.75, 3.05) is 0 Å². The van der Waals surface area contributed by atoms with Gasteiger partial charge in [0.1, 0.15) is 22.9 Å². The fourth-order valence-corrected chi connectivity index (χ4v) is 5.81. The number of nitrogens with zero attached hydrogens (tertiary/aromatic N) is 2. The molecule has 0 spiro atoms. The molecule has 0 bridgehead atoms. The van der Waals surface area contributed by atoms with Crippen LogP contribution in [0.15, 0.2) is 119 Å². The molecule has 0 fully saturated rings. The smallest absolute Gasteiger partial charge is 0.157 e. The van der Waals surface area contributed by atoms with Crippen molar-refractivity contribution in [2.45, 2.75) is 19.3 Å². The summed E-state index contributed by atoms with van der Waals surface area (Å²) >= 11 is 0. The van der Waals surface area contributed by atoms with Gasteiger partial charge in [0.25, 0.3) is 0 Å². The molecule has 7 rings (SSSR count). The van der Waals surface area contributed by atoms with Gasteiger partial charge in [0.2, 0.25) is 0 Å². The van der Waals surface area contributed by atoms with Crippen LogP contribution in [0.4, 0.5) is 11.4 Å². The van der Waals surface area contributed by atoms with E-state index in [0.29, 0.717) is 34.0 Å². The van der Waals surface area contributed by atoms with Crippen molar-refractivity contribution < 1.29 is 34.4 Å². The number of para-hydroxylation sites is 2. The Hall–Kier alpha value is -4.80. The molecule has 0 saturated carbocycles. The first-order valence-corrected chi connectivity index (χ1v) is 13.9. The average Bonchev–Trinajstić information content (AvgIpc) is 3.00. The van der Waals surface area contributed by atoms with Crippen molar-refractivity contribution in [3.8, 4) is 23.0 Å². The van der Waals surface area contributed by atoms with Crippen molar-refractivity contribution in [1.82, 2.24) is 0 Å². The normalized spacial score (nSPS) is 13.5. The Kier molecular flexibility index (Phi) is 7.33. The predicted octanol–water partition coefficient (Wildman–Crippen LogP) is 9.33. The number of aromatic hydroxyl groups is 2. The first kappa shape index (κ1) is 28.3.